The van der Waals surface area contributed by atoms with Crippen LogP contribution in [0, 0.1) is 0 Å². The molecule has 0 saturated heterocycles. The van der Waals surface area contributed by atoms with Gasteiger partial charge in [-0.05, 0) is 70.6 Å². The Morgan fingerprint density at radius 1 is 0.253 bits per heavy atom. The first-order valence-corrected chi connectivity index (χ1v) is 33.8. The van der Waals surface area contributed by atoms with Gasteiger partial charge in [0.05, 0.1) is 0 Å². The molecule has 0 heterocycles. The number of esters is 3. The molecule has 0 N–H and O–H groups in total. The van der Waals surface area contributed by atoms with Crippen LogP contribution in [0.2, 0.25) is 0 Å². The van der Waals surface area contributed by atoms with E-state index in [4.69, 9.17) is 14.2 Å². The average molecular weight is 1060 g/mol. The Morgan fingerprint density at radius 2 is 0.440 bits per heavy atom. The molecule has 0 radical (unpaired) electrons. The van der Waals surface area contributed by atoms with Crippen molar-refractivity contribution in [3.8, 4) is 0 Å². The number of hydrogen-bond acceptors (Lipinski definition) is 6. The van der Waals surface area contributed by atoms with Gasteiger partial charge in [0, 0.05) is 19.3 Å². The molecule has 75 heavy (non-hydrogen) atoms. The molecule has 0 aromatic heterocycles. The summed E-state index contributed by atoms with van der Waals surface area (Å²) in [5, 5.41) is 0. The van der Waals surface area contributed by atoms with Gasteiger partial charge in [0.2, 0.25) is 0 Å². The molecule has 0 amide bonds. The Balaban J connectivity index is 4.25. The van der Waals surface area contributed by atoms with Crippen molar-refractivity contribution in [1.29, 1.82) is 0 Å². The summed E-state index contributed by atoms with van der Waals surface area (Å²) in [6.45, 7) is 6.70. The highest BCUT2D eigenvalue weighted by Gasteiger charge is 2.19. The lowest BCUT2D eigenvalue weighted by Crippen LogP contribution is -2.30. The van der Waals surface area contributed by atoms with Crippen LogP contribution in [0.25, 0.3) is 0 Å². The summed E-state index contributed by atoms with van der Waals surface area (Å²) in [6.07, 6.45) is 77.7. The van der Waals surface area contributed by atoms with Crippen molar-refractivity contribution < 1.29 is 28.6 Å². The van der Waals surface area contributed by atoms with Crippen LogP contribution >= 0.6 is 0 Å². The van der Waals surface area contributed by atoms with Crippen LogP contribution in [-0.4, -0.2) is 37.2 Å². The second-order valence-electron chi connectivity index (χ2n) is 23.1. The van der Waals surface area contributed by atoms with Crippen molar-refractivity contribution in [2.45, 2.75) is 386 Å². The summed E-state index contributed by atoms with van der Waals surface area (Å²) in [4.78, 5) is 38.4. The Morgan fingerprint density at radius 3 is 0.667 bits per heavy atom. The number of hydrogen-bond donors (Lipinski definition) is 0. The molecule has 0 saturated carbocycles. The SMILES string of the molecule is CCCCCCCC/C=C\CCCCCCCC(=O)OCC(COC(=O)CCCCCCCCCCCCCCC/C=C\CCCCCCCCCC)OC(=O)CCCCCCCCCCCCCCCCCCC. The van der Waals surface area contributed by atoms with Crippen molar-refractivity contribution in [2.75, 3.05) is 13.2 Å². The zero-order valence-corrected chi connectivity index (χ0v) is 50.8. The predicted octanol–water partition coefficient (Wildman–Crippen LogP) is 23.0. The number of unbranched alkanes of at least 4 members (excludes halogenated alkanes) is 48. The highest BCUT2D eigenvalue weighted by atomic mass is 16.6. The quantitative estimate of drug-likeness (QED) is 0.0261. The van der Waals surface area contributed by atoms with Gasteiger partial charge in [-0.25, -0.2) is 0 Å². The molecule has 0 aromatic rings. The average Bonchev–Trinajstić information content (AvgIpc) is 3.41. The molecule has 6 nitrogen and oxygen atoms in total. The fraction of sp³-hybridized carbons (Fsp3) is 0.899. The summed E-state index contributed by atoms with van der Waals surface area (Å²) < 4.78 is 17.0. The molecule has 0 aliphatic heterocycles. The van der Waals surface area contributed by atoms with E-state index in [1.54, 1.807) is 0 Å². The molecular weight excluding hydrogens is 925 g/mol. The van der Waals surface area contributed by atoms with Gasteiger partial charge in [-0.15, -0.1) is 0 Å². The van der Waals surface area contributed by atoms with Gasteiger partial charge in [0.25, 0.3) is 0 Å². The van der Waals surface area contributed by atoms with Crippen LogP contribution in [0.15, 0.2) is 24.3 Å². The molecule has 0 bridgehead atoms. The van der Waals surface area contributed by atoms with Crippen LogP contribution in [0.1, 0.15) is 380 Å². The maximum atomic E-state index is 12.9. The van der Waals surface area contributed by atoms with Gasteiger partial charge < -0.3 is 14.2 Å². The van der Waals surface area contributed by atoms with E-state index in [1.165, 1.54) is 276 Å². The normalized spacial score (nSPS) is 12.1. The van der Waals surface area contributed by atoms with Crippen molar-refractivity contribution in [3.05, 3.63) is 24.3 Å². The lowest BCUT2D eigenvalue weighted by atomic mass is 10.0. The summed E-state index contributed by atoms with van der Waals surface area (Å²) in [5.74, 6) is -0.848. The molecule has 442 valence electrons. The predicted molar refractivity (Wildman–Crippen MR) is 326 cm³/mol. The van der Waals surface area contributed by atoms with E-state index in [9.17, 15) is 14.4 Å². The lowest BCUT2D eigenvalue weighted by molar-refractivity contribution is -0.167. The smallest absolute Gasteiger partial charge is 0.306 e. The first-order chi connectivity index (χ1) is 37.0. The lowest BCUT2D eigenvalue weighted by Gasteiger charge is -2.18. The third-order valence-electron chi connectivity index (χ3n) is 15.4. The topological polar surface area (TPSA) is 78.9 Å². The molecule has 1 atom stereocenters. The van der Waals surface area contributed by atoms with E-state index in [2.05, 4.69) is 45.1 Å². The summed E-state index contributed by atoms with van der Waals surface area (Å²) in [6, 6.07) is 0. The second-order valence-corrected chi connectivity index (χ2v) is 23.1. The monoisotopic (exact) mass is 1050 g/mol. The molecule has 0 spiro atoms. The number of ether oxygens (including phenoxy) is 3. The molecule has 0 rings (SSSR count). The van der Waals surface area contributed by atoms with E-state index < -0.39 is 6.10 Å². The minimum Gasteiger partial charge on any atom is -0.462 e. The third kappa shape index (κ3) is 62.6. The summed E-state index contributed by atoms with van der Waals surface area (Å²) in [5.41, 5.74) is 0. The fourth-order valence-corrected chi connectivity index (χ4v) is 10.3. The highest BCUT2D eigenvalue weighted by molar-refractivity contribution is 5.71. The van der Waals surface area contributed by atoms with Crippen molar-refractivity contribution in [1.82, 2.24) is 0 Å². The van der Waals surface area contributed by atoms with Crippen molar-refractivity contribution >= 4 is 17.9 Å². The summed E-state index contributed by atoms with van der Waals surface area (Å²) >= 11 is 0. The first-order valence-electron chi connectivity index (χ1n) is 33.8. The zero-order valence-electron chi connectivity index (χ0n) is 50.8. The molecule has 0 fully saturated rings. The van der Waals surface area contributed by atoms with Gasteiger partial charge in [-0.3, -0.25) is 14.4 Å². The number of carbonyl (C=O) groups excluding carboxylic acids is 3. The van der Waals surface area contributed by atoms with E-state index in [0.29, 0.717) is 19.3 Å². The van der Waals surface area contributed by atoms with E-state index in [-0.39, 0.29) is 31.1 Å². The minimum atomic E-state index is -0.771. The van der Waals surface area contributed by atoms with E-state index >= 15 is 0 Å². The third-order valence-corrected chi connectivity index (χ3v) is 15.4. The minimum absolute atomic E-state index is 0.0684. The number of carbonyl (C=O) groups is 3. The zero-order chi connectivity index (χ0) is 54.3. The number of rotatable bonds is 63. The maximum Gasteiger partial charge on any atom is 0.306 e. The molecule has 6 heteroatoms. The standard InChI is InChI=1S/C69H130O6/c1-4-7-10-13-16-19-22-25-28-30-31-32-33-34-35-36-37-39-41-44-47-50-53-56-59-62-68(71)74-65-66(64-73-67(70)61-58-55-52-49-46-43-40-27-24-21-18-15-12-9-6-3)75-69(72)63-60-57-54-51-48-45-42-38-29-26-23-20-17-14-11-8-5-2/h27,30-31,40,66H,4-26,28-29,32-39,41-65H2,1-3H3/b31-30-,40-27-. The highest BCUT2D eigenvalue weighted by Crippen LogP contribution is 2.18. The fourth-order valence-electron chi connectivity index (χ4n) is 10.3. The van der Waals surface area contributed by atoms with Crippen LogP contribution in [0.3, 0.4) is 0 Å². The van der Waals surface area contributed by atoms with Crippen molar-refractivity contribution in [3.63, 3.8) is 0 Å². The largest absolute Gasteiger partial charge is 0.462 e. The number of allylic oxidation sites excluding steroid dienone is 4. The van der Waals surface area contributed by atoms with Crippen molar-refractivity contribution in [2.24, 2.45) is 0 Å². The van der Waals surface area contributed by atoms with E-state index in [1.807, 2.05) is 0 Å². The molecule has 1 unspecified atom stereocenters. The van der Waals surface area contributed by atoms with Crippen LogP contribution in [0.4, 0.5) is 0 Å². The Bertz CT molecular complexity index is 1210. The van der Waals surface area contributed by atoms with Crippen LogP contribution in [-0.2, 0) is 28.6 Å². The molecule has 0 aromatic carbocycles. The first kappa shape index (κ1) is 72.9. The Labute approximate surface area is 468 Å². The van der Waals surface area contributed by atoms with Crippen LogP contribution < -0.4 is 0 Å². The van der Waals surface area contributed by atoms with Gasteiger partial charge >= 0.3 is 17.9 Å². The second kappa shape index (κ2) is 64.4. The Kier molecular flexibility index (Phi) is 62.6. The van der Waals surface area contributed by atoms with Crippen LogP contribution in [0.5, 0.6) is 0 Å². The van der Waals surface area contributed by atoms with Gasteiger partial charge in [-0.1, -0.05) is 315 Å². The van der Waals surface area contributed by atoms with Gasteiger partial charge in [0.15, 0.2) is 6.10 Å². The van der Waals surface area contributed by atoms with Gasteiger partial charge in [0.1, 0.15) is 13.2 Å². The maximum absolute atomic E-state index is 12.9. The summed E-state index contributed by atoms with van der Waals surface area (Å²) in [7, 11) is 0. The Hall–Kier alpha value is -2.11. The van der Waals surface area contributed by atoms with E-state index in [0.717, 1.165) is 64.2 Å². The molecule has 0 aliphatic rings. The molecule has 0 aliphatic carbocycles. The molecular formula is C69H130O6. The van der Waals surface area contributed by atoms with Gasteiger partial charge in [-0.2, -0.15) is 0 Å².